The molecule has 1 amide bonds. The topological polar surface area (TPSA) is 104 Å². The van der Waals surface area contributed by atoms with Gasteiger partial charge in [0, 0.05) is 26.2 Å². The Kier molecular flexibility index (Phi) is 6.28. The number of hydrogen-bond donors (Lipinski definition) is 1. The number of likely N-dealkylation sites (tertiary alicyclic amines) is 1. The van der Waals surface area contributed by atoms with Crippen molar-refractivity contribution in [2.24, 2.45) is 5.41 Å². The second kappa shape index (κ2) is 8.54. The number of sulfonamides is 1. The van der Waals surface area contributed by atoms with Crippen LogP contribution in [0.3, 0.4) is 0 Å². The van der Waals surface area contributed by atoms with E-state index >= 15 is 0 Å². The van der Waals surface area contributed by atoms with Crippen LogP contribution in [0.1, 0.15) is 24.8 Å². The second-order valence-corrected chi connectivity index (χ2v) is 9.47. The third-order valence-corrected chi connectivity index (χ3v) is 7.81. The molecule has 0 radical (unpaired) electrons. The van der Waals surface area contributed by atoms with E-state index in [-0.39, 0.29) is 38.2 Å². The zero-order chi connectivity index (χ0) is 21.1. The van der Waals surface area contributed by atoms with Crippen LogP contribution < -0.4 is 0 Å². The second-order valence-electron chi connectivity index (χ2n) is 7.50. The molecule has 2 aliphatic rings. The van der Waals surface area contributed by atoms with E-state index in [9.17, 15) is 18.0 Å². The molecule has 9 heteroatoms. The maximum absolute atomic E-state index is 13.1. The molecule has 0 unspecified atom stereocenters. The summed E-state index contributed by atoms with van der Waals surface area (Å²) in [5, 5.41) is 9.14. The first kappa shape index (κ1) is 21.3. The van der Waals surface area contributed by atoms with Crippen LogP contribution in [0, 0.1) is 5.41 Å². The van der Waals surface area contributed by atoms with Gasteiger partial charge in [-0.1, -0.05) is 36.4 Å². The molecule has 1 aromatic rings. The lowest BCUT2D eigenvalue weighted by Gasteiger charge is -2.39. The van der Waals surface area contributed by atoms with Gasteiger partial charge in [-0.25, -0.2) is 13.2 Å². The van der Waals surface area contributed by atoms with Crippen LogP contribution in [0.5, 0.6) is 0 Å². The Hall–Kier alpha value is -2.39. The van der Waals surface area contributed by atoms with E-state index in [1.807, 2.05) is 36.4 Å². The van der Waals surface area contributed by atoms with E-state index in [1.54, 1.807) is 0 Å². The zero-order valence-corrected chi connectivity index (χ0v) is 17.2. The number of nitrogens with zero attached hydrogens (tertiary/aromatic N) is 2. The zero-order valence-electron chi connectivity index (χ0n) is 16.4. The minimum Gasteiger partial charge on any atom is -0.469 e. The monoisotopic (exact) mass is 422 g/mol. The Bertz CT molecular complexity index is 889. The first-order valence-corrected chi connectivity index (χ1v) is 11.2. The van der Waals surface area contributed by atoms with Crippen LogP contribution >= 0.6 is 0 Å². The van der Waals surface area contributed by atoms with Gasteiger partial charge in [0.1, 0.15) is 0 Å². The first-order chi connectivity index (χ1) is 13.8. The number of ether oxygens (including phenoxy) is 1. The van der Waals surface area contributed by atoms with Crippen molar-refractivity contribution in [3.05, 3.63) is 42.0 Å². The van der Waals surface area contributed by atoms with E-state index in [0.717, 1.165) is 11.1 Å². The number of benzene rings is 1. The lowest BCUT2D eigenvalue weighted by molar-refractivity contribution is -0.154. The molecule has 1 N–H and O–H groups in total. The average molecular weight is 423 g/mol. The number of esters is 1. The minimum absolute atomic E-state index is 0.109. The Morgan fingerprint density at radius 1 is 1.14 bits per heavy atom. The van der Waals surface area contributed by atoms with Crippen molar-refractivity contribution in [2.75, 3.05) is 39.0 Å². The van der Waals surface area contributed by atoms with E-state index in [2.05, 4.69) is 0 Å². The maximum Gasteiger partial charge on any atom is 0.407 e. The molecule has 0 spiro atoms. The van der Waals surface area contributed by atoms with Crippen LogP contribution in [0.4, 0.5) is 4.79 Å². The van der Waals surface area contributed by atoms with Crippen molar-refractivity contribution in [1.29, 1.82) is 0 Å². The molecule has 2 aliphatic heterocycles. The molecular formula is C20H26N2O6S. The van der Waals surface area contributed by atoms with Gasteiger partial charge in [0.25, 0.3) is 0 Å². The molecule has 0 bridgehead atoms. The Morgan fingerprint density at radius 2 is 1.79 bits per heavy atom. The molecule has 158 valence electrons. The number of methoxy groups -OCH3 is 1. The number of hydrogen-bond acceptors (Lipinski definition) is 5. The molecule has 1 aromatic carbocycles. The van der Waals surface area contributed by atoms with Crippen LogP contribution in [0.2, 0.25) is 0 Å². The molecule has 1 saturated heterocycles. The number of amides is 1. The van der Waals surface area contributed by atoms with Gasteiger partial charge in [-0.05, 0) is 30.4 Å². The third-order valence-electron chi connectivity index (χ3n) is 5.78. The smallest absolute Gasteiger partial charge is 0.407 e. The van der Waals surface area contributed by atoms with Gasteiger partial charge < -0.3 is 14.7 Å². The summed E-state index contributed by atoms with van der Waals surface area (Å²) < 4.78 is 32.5. The number of carbonyl (C=O) groups is 2. The molecule has 1 fully saturated rings. The number of carbonyl (C=O) groups excluding carboxylic acids is 1. The fourth-order valence-corrected chi connectivity index (χ4v) is 5.97. The SMILES string of the molecule is COC(=O)C1(CS(=O)(=O)N2CC=C(c3ccccc3)CC2)CCN(C(=O)O)CC1. The van der Waals surface area contributed by atoms with Crippen LogP contribution in [0.15, 0.2) is 36.4 Å². The van der Waals surface area contributed by atoms with Crippen molar-refractivity contribution in [2.45, 2.75) is 19.3 Å². The van der Waals surface area contributed by atoms with Crippen molar-refractivity contribution in [3.8, 4) is 0 Å². The molecule has 0 aromatic heterocycles. The maximum atomic E-state index is 13.1. The normalized spacial score (nSPS) is 20.0. The summed E-state index contributed by atoms with van der Waals surface area (Å²) in [6, 6.07) is 9.83. The van der Waals surface area contributed by atoms with Crippen LogP contribution in [-0.4, -0.2) is 73.8 Å². The lowest BCUT2D eigenvalue weighted by Crippen LogP contribution is -2.52. The molecular weight excluding hydrogens is 396 g/mol. The fourth-order valence-electron chi connectivity index (χ4n) is 4.01. The Balaban J connectivity index is 1.74. The summed E-state index contributed by atoms with van der Waals surface area (Å²) in [5.41, 5.74) is 0.967. The third kappa shape index (κ3) is 4.62. The molecule has 0 aliphatic carbocycles. The number of rotatable bonds is 5. The highest BCUT2D eigenvalue weighted by Gasteiger charge is 2.47. The van der Waals surface area contributed by atoms with Gasteiger partial charge >= 0.3 is 12.1 Å². The fraction of sp³-hybridized carbons (Fsp3) is 0.500. The van der Waals surface area contributed by atoms with E-state index in [1.165, 1.54) is 16.3 Å². The Morgan fingerprint density at radius 3 is 2.31 bits per heavy atom. The van der Waals surface area contributed by atoms with E-state index in [0.29, 0.717) is 13.0 Å². The standard InChI is InChI=1S/C20H26N2O6S/c1-28-18(23)20(9-13-21(14-10-20)19(24)25)15-29(26,27)22-11-7-17(8-12-22)16-5-3-2-4-6-16/h2-7H,8-15H2,1H3,(H,24,25). The van der Waals surface area contributed by atoms with Crippen molar-refractivity contribution >= 4 is 27.7 Å². The molecule has 0 saturated carbocycles. The van der Waals surface area contributed by atoms with Gasteiger partial charge in [0.2, 0.25) is 10.0 Å². The largest absolute Gasteiger partial charge is 0.469 e. The summed E-state index contributed by atoms with van der Waals surface area (Å²) in [6.45, 7) is 0.822. The van der Waals surface area contributed by atoms with Gasteiger partial charge in [-0.2, -0.15) is 4.31 Å². The van der Waals surface area contributed by atoms with Gasteiger partial charge in [-0.15, -0.1) is 0 Å². The summed E-state index contributed by atoms with van der Waals surface area (Å²) >= 11 is 0. The predicted molar refractivity (Wildman–Crippen MR) is 108 cm³/mol. The van der Waals surface area contributed by atoms with E-state index in [4.69, 9.17) is 9.84 Å². The minimum atomic E-state index is -3.72. The highest BCUT2D eigenvalue weighted by Crippen LogP contribution is 2.36. The summed E-state index contributed by atoms with van der Waals surface area (Å²) in [4.78, 5) is 24.8. The molecule has 2 heterocycles. The number of carboxylic acid groups (broad SMARTS) is 1. The van der Waals surface area contributed by atoms with E-state index < -0.39 is 27.5 Å². The van der Waals surface area contributed by atoms with Crippen LogP contribution in [0.25, 0.3) is 5.57 Å². The van der Waals surface area contributed by atoms with Crippen LogP contribution in [-0.2, 0) is 19.6 Å². The average Bonchev–Trinajstić information content (AvgIpc) is 2.74. The molecule has 3 rings (SSSR count). The Labute approximate surface area is 170 Å². The van der Waals surface area contributed by atoms with Crippen molar-refractivity contribution < 1.29 is 27.9 Å². The van der Waals surface area contributed by atoms with Crippen molar-refractivity contribution in [1.82, 2.24) is 9.21 Å². The van der Waals surface area contributed by atoms with Gasteiger partial charge in [-0.3, -0.25) is 4.79 Å². The highest BCUT2D eigenvalue weighted by molar-refractivity contribution is 7.89. The van der Waals surface area contributed by atoms with Crippen molar-refractivity contribution in [3.63, 3.8) is 0 Å². The first-order valence-electron chi connectivity index (χ1n) is 9.56. The molecule has 8 nitrogen and oxygen atoms in total. The number of piperidine rings is 1. The molecule has 0 atom stereocenters. The summed E-state index contributed by atoms with van der Waals surface area (Å²) in [7, 11) is -2.49. The summed E-state index contributed by atoms with van der Waals surface area (Å²) in [5.74, 6) is -0.960. The summed E-state index contributed by atoms with van der Waals surface area (Å²) in [6.07, 6.45) is 1.70. The lowest BCUT2D eigenvalue weighted by atomic mass is 9.80. The quantitative estimate of drug-likeness (QED) is 0.728. The molecule has 29 heavy (non-hydrogen) atoms. The predicted octanol–water partition coefficient (Wildman–Crippen LogP) is 2.04. The highest BCUT2D eigenvalue weighted by atomic mass is 32.2. The van der Waals surface area contributed by atoms with Gasteiger partial charge in [0.05, 0.1) is 18.3 Å². The van der Waals surface area contributed by atoms with Gasteiger partial charge in [0.15, 0.2) is 0 Å².